The predicted octanol–water partition coefficient (Wildman–Crippen LogP) is 4.57. The van der Waals surface area contributed by atoms with Crippen LogP contribution in [-0.2, 0) is 6.18 Å². The maximum Gasteiger partial charge on any atom is 0.417 e. The van der Waals surface area contributed by atoms with E-state index in [1.807, 2.05) is 13.0 Å². The Morgan fingerprint density at radius 1 is 1.09 bits per heavy atom. The number of halogens is 3. The number of aryl methyl sites for hydroxylation is 1. The molecule has 1 aliphatic carbocycles. The second kappa shape index (κ2) is 8.93. The standard InChI is InChI=1S/C23H24F3N5O2/c1-13-9-17(11-28-21(13)15-3-6-18(32)7-4-15)30-22(33)19-12-29-31(14(19)2)20-8-5-16(10-27-20)23(24,25)26/h5,8-12,15,18,32H,3-4,6-7H2,1-2H3,(H,30,33). The Balaban J connectivity index is 1.48. The second-order valence-corrected chi connectivity index (χ2v) is 8.34. The van der Waals surface area contributed by atoms with Crippen LogP contribution in [0.1, 0.15) is 64.5 Å². The molecule has 0 radical (unpaired) electrons. The monoisotopic (exact) mass is 459 g/mol. The Hall–Kier alpha value is -3.27. The third kappa shape index (κ3) is 4.90. The van der Waals surface area contributed by atoms with Crippen molar-refractivity contribution in [2.75, 3.05) is 5.32 Å². The van der Waals surface area contributed by atoms with Crippen LogP contribution in [0.15, 0.2) is 36.8 Å². The topological polar surface area (TPSA) is 92.9 Å². The molecule has 10 heteroatoms. The van der Waals surface area contributed by atoms with Gasteiger partial charge in [-0.05, 0) is 63.3 Å². The molecule has 1 fully saturated rings. The van der Waals surface area contributed by atoms with Gasteiger partial charge in [-0.3, -0.25) is 9.78 Å². The molecule has 1 saturated carbocycles. The summed E-state index contributed by atoms with van der Waals surface area (Å²) in [6.07, 6.45) is 2.29. The normalized spacial score (nSPS) is 18.8. The highest BCUT2D eigenvalue weighted by Crippen LogP contribution is 2.34. The van der Waals surface area contributed by atoms with Crippen LogP contribution in [-0.4, -0.2) is 36.9 Å². The number of aromatic nitrogens is 4. The quantitative estimate of drug-likeness (QED) is 0.596. The third-order valence-corrected chi connectivity index (χ3v) is 6.01. The molecule has 3 heterocycles. The summed E-state index contributed by atoms with van der Waals surface area (Å²) in [4.78, 5) is 21.2. The first kappa shape index (κ1) is 22.9. The number of carbonyl (C=O) groups is 1. The summed E-state index contributed by atoms with van der Waals surface area (Å²) in [6.45, 7) is 3.59. The summed E-state index contributed by atoms with van der Waals surface area (Å²) >= 11 is 0. The minimum absolute atomic E-state index is 0.180. The summed E-state index contributed by atoms with van der Waals surface area (Å²) in [5, 5.41) is 16.6. The molecule has 7 nitrogen and oxygen atoms in total. The van der Waals surface area contributed by atoms with E-state index in [0.29, 0.717) is 17.3 Å². The number of amides is 1. The Kier molecular flexibility index (Phi) is 6.20. The van der Waals surface area contributed by atoms with Crippen molar-refractivity contribution in [2.45, 2.75) is 57.7 Å². The van der Waals surface area contributed by atoms with Gasteiger partial charge in [-0.25, -0.2) is 9.67 Å². The maximum absolute atomic E-state index is 12.8. The van der Waals surface area contributed by atoms with Crippen LogP contribution >= 0.6 is 0 Å². The molecule has 33 heavy (non-hydrogen) atoms. The molecule has 4 rings (SSSR count). The first-order chi connectivity index (χ1) is 15.6. The smallest absolute Gasteiger partial charge is 0.393 e. The van der Waals surface area contributed by atoms with Gasteiger partial charge < -0.3 is 10.4 Å². The van der Waals surface area contributed by atoms with E-state index in [1.165, 1.54) is 16.9 Å². The highest BCUT2D eigenvalue weighted by atomic mass is 19.4. The van der Waals surface area contributed by atoms with E-state index in [4.69, 9.17) is 0 Å². The van der Waals surface area contributed by atoms with Gasteiger partial charge in [-0.2, -0.15) is 18.3 Å². The lowest BCUT2D eigenvalue weighted by Crippen LogP contribution is -2.19. The molecule has 0 aliphatic heterocycles. The fourth-order valence-electron chi connectivity index (χ4n) is 4.17. The SMILES string of the molecule is Cc1cc(NC(=O)c2cnn(-c3ccc(C(F)(F)F)cn3)c2C)cnc1C1CCC(O)CC1. The molecule has 174 valence electrons. The number of anilines is 1. The number of hydrogen-bond donors (Lipinski definition) is 2. The van der Waals surface area contributed by atoms with Gasteiger partial charge in [0.2, 0.25) is 0 Å². The van der Waals surface area contributed by atoms with Crippen molar-refractivity contribution in [2.24, 2.45) is 0 Å². The summed E-state index contributed by atoms with van der Waals surface area (Å²) in [5.74, 6) is 0.0780. The maximum atomic E-state index is 12.8. The molecular formula is C23H24F3N5O2. The summed E-state index contributed by atoms with van der Waals surface area (Å²) in [6, 6.07) is 4.00. The molecule has 0 bridgehead atoms. The van der Waals surface area contributed by atoms with E-state index in [9.17, 15) is 23.1 Å². The Labute approximate surface area is 188 Å². The number of aliphatic hydroxyl groups excluding tert-OH is 1. The number of rotatable bonds is 4. The van der Waals surface area contributed by atoms with Crippen molar-refractivity contribution in [3.05, 3.63) is 64.9 Å². The Morgan fingerprint density at radius 3 is 2.42 bits per heavy atom. The molecule has 0 saturated heterocycles. The minimum Gasteiger partial charge on any atom is -0.393 e. The van der Waals surface area contributed by atoms with Crippen molar-refractivity contribution < 1.29 is 23.1 Å². The number of nitrogens with one attached hydrogen (secondary N) is 1. The molecular weight excluding hydrogens is 435 g/mol. The lowest BCUT2D eigenvalue weighted by molar-refractivity contribution is -0.137. The number of pyridine rings is 2. The van der Waals surface area contributed by atoms with Gasteiger partial charge in [0.15, 0.2) is 5.82 Å². The van der Waals surface area contributed by atoms with Crippen LogP contribution in [0.5, 0.6) is 0 Å². The van der Waals surface area contributed by atoms with Crippen molar-refractivity contribution in [1.29, 1.82) is 0 Å². The number of nitrogens with zero attached hydrogens (tertiary/aromatic N) is 4. The zero-order chi connectivity index (χ0) is 23.8. The second-order valence-electron chi connectivity index (χ2n) is 8.34. The van der Waals surface area contributed by atoms with Gasteiger partial charge in [0.1, 0.15) is 0 Å². The van der Waals surface area contributed by atoms with E-state index in [1.54, 1.807) is 13.1 Å². The van der Waals surface area contributed by atoms with Gasteiger partial charge in [-0.1, -0.05) is 0 Å². The van der Waals surface area contributed by atoms with E-state index in [2.05, 4.69) is 20.4 Å². The molecule has 0 aromatic carbocycles. The van der Waals surface area contributed by atoms with Crippen LogP contribution < -0.4 is 5.32 Å². The van der Waals surface area contributed by atoms with Gasteiger partial charge in [-0.15, -0.1) is 0 Å². The van der Waals surface area contributed by atoms with E-state index in [-0.39, 0.29) is 17.5 Å². The molecule has 1 amide bonds. The lowest BCUT2D eigenvalue weighted by atomic mass is 9.84. The van der Waals surface area contributed by atoms with Crippen LogP contribution in [0.3, 0.4) is 0 Å². The molecule has 0 unspecified atom stereocenters. The average Bonchev–Trinajstić information content (AvgIpc) is 3.15. The van der Waals surface area contributed by atoms with E-state index in [0.717, 1.165) is 49.2 Å². The van der Waals surface area contributed by atoms with Crippen LogP contribution in [0.4, 0.5) is 18.9 Å². The van der Waals surface area contributed by atoms with Crippen LogP contribution in [0.25, 0.3) is 5.82 Å². The first-order valence-electron chi connectivity index (χ1n) is 10.7. The molecule has 0 atom stereocenters. The fraction of sp³-hybridized carbons (Fsp3) is 0.391. The lowest BCUT2D eigenvalue weighted by Gasteiger charge is -2.26. The average molecular weight is 459 g/mol. The fourth-order valence-corrected chi connectivity index (χ4v) is 4.17. The van der Waals surface area contributed by atoms with E-state index >= 15 is 0 Å². The van der Waals surface area contributed by atoms with Gasteiger partial charge in [0, 0.05) is 17.8 Å². The summed E-state index contributed by atoms with van der Waals surface area (Å²) in [5.41, 5.74) is 2.36. The Morgan fingerprint density at radius 2 is 1.82 bits per heavy atom. The number of alkyl halides is 3. The summed E-state index contributed by atoms with van der Waals surface area (Å²) in [7, 11) is 0. The molecule has 0 spiro atoms. The number of hydrogen-bond acceptors (Lipinski definition) is 5. The molecule has 1 aliphatic rings. The van der Waals surface area contributed by atoms with Gasteiger partial charge in [0.25, 0.3) is 5.91 Å². The zero-order valence-electron chi connectivity index (χ0n) is 18.2. The van der Waals surface area contributed by atoms with Crippen molar-refractivity contribution in [3.63, 3.8) is 0 Å². The summed E-state index contributed by atoms with van der Waals surface area (Å²) < 4.78 is 39.6. The molecule has 3 aromatic rings. The van der Waals surface area contributed by atoms with Gasteiger partial charge in [0.05, 0.1) is 41.0 Å². The van der Waals surface area contributed by atoms with Crippen molar-refractivity contribution >= 4 is 11.6 Å². The molecule has 3 aromatic heterocycles. The largest absolute Gasteiger partial charge is 0.417 e. The number of carbonyl (C=O) groups excluding carboxylic acids is 1. The van der Waals surface area contributed by atoms with Crippen molar-refractivity contribution in [3.8, 4) is 5.82 Å². The number of aliphatic hydroxyl groups is 1. The van der Waals surface area contributed by atoms with Crippen LogP contribution in [0.2, 0.25) is 0 Å². The van der Waals surface area contributed by atoms with Gasteiger partial charge >= 0.3 is 6.18 Å². The van der Waals surface area contributed by atoms with Crippen LogP contribution in [0, 0.1) is 13.8 Å². The van der Waals surface area contributed by atoms with E-state index < -0.39 is 17.6 Å². The zero-order valence-corrected chi connectivity index (χ0v) is 18.2. The first-order valence-corrected chi connectivity index (χ1v) is 10.7. The predicted molar refractivity (Wildman–Crippen MR) is 115 cm³/mol. The van der Waals surface area contributed by atoms with Crippen molar-refractivity contribution in [1.82, 2.24) is 19.7 Å². The third-order valence-electron chi connectivity index (χ3n) is 6.01. The highest BCUT2D eigenvalue weighted by molar-refractivity contribution is 6.04. The molecule has 2 N–H and O–H groups in total. The highest BCUT2D eigenvalue weighted by Gasteiger charge is 2.31. The Bertz CT molecular complexity index is 1150. The minimum atomic E-state index is -4.48.